The molecule has 2 aliphatic rings. The highest BCUT2D eigenvalue weighted by Gasteiger charge is 2.43. The molecule has 2 fully saturated rings. The van der Waals surface area contributed by atoms with E-state index in [-0.39, 0.29) is 53.1 Å². The van der Waals surface area contributed by atoms with Crippen molar-refractivity contribution < 1.29 is 53.4 Å². The van der Waals surface area contributed by atoms with Gasteiger partial charge in [-0.2, -0.15) is 26.3 Å². The molecule has 0 aromatic carbocycles. The Hall–Kier alpha value is -3.50. The standard InChI is InChI=1S/C19H23F5N4O2S.C14H15F5N4S.ClH/c1-17(2,3)30-16(29)28-11-4-10(6-18(20,21)7-11)27-14-13-5-12(8-19(22,23)24)31-15(13)26-9-25-14;15-13(16)3-7(20)1-8(4-13)23-11-10-2-9(5-14(17,18)19)24-12(10)22-6-21-11;/h5,9-11H,4,6-8H2,1-3H3,(H,28,29)(H,25,26,27);2,6-8H,1,3-5,20H2,(H,21,22,23);1H/t10-,11+;7-,8+;/m01./s1. The number of anilines is 2. The number of nitrogens with one attached hydrogen (secondary N) is 3. The number of hydrogen-bond acceptors (Lipinski definition) is 11. The molecule has 5 N–H and O–H groups in total. The third-order valence-electron chi connectivity index (χ3n) is 8.27. The van der Waals surface area contributed by atoms with Gasteiger partial charge in [0.15, 0.2) is 0 Å². The first-order valence-electron chi connectivity index (χ1n) is 16.9. The molecular formula is C33H39ClF10N8O2S2. The fourth-order valence-corrected chi connectivity index (χ4v) is 8.53. The van der Waals surface area contributed by atoms with Gasteiger partial charge in [-0.25, -0.2) is 42.3 Å². The summed E-state index contributed by atoms with van der Waals surface area (Å²) >= 11 is 1.80. The average Bonchev–Trinajstić information content (AvgIpc) is 3.56. The number of nitrogens with zero attached hydrogens (tertiary/aromatic N) is 4. The van der Waals surface area contributed by atoms with E-state index in [1.54, 1.807) is 20.8 Å². The summed E-state index contributed by atoms with van der Waals surface area (Å²) in [5, 5.41) is 9.04. The van der Waals surface area contributed by atoms with Gasteiger partial charge >= 0.3 is 18.4 Å². The number of carbonyl (C=O) groups is 1. The summed E-state index contributed by atoms with van der Waals surface area (Å²) in [5.74, 6) is -5.46. The van der Waals surface area contributed by atoms with E-state index in [1.165, 1.54) is 24.8 Å². The Morgan fingerprint density at radius 3 is 1.61 bits per heavy atom. The highest BCUT2D eigenvalue weighted by atomic mass is 35.5. The normalized spacial score (nSPS) is 22.4. The Labute approximate surface area is 328 Å². The number of hydrogen-bond donors (Lipinski definition) is 4. The van der Waals surface area contributed by atoms with Crippen molar-refractivity contribution in [1.29, 1.82) is 0 Å². The summed E-state index contributed by atoms with van der Waals surface area (Å²) in [7, 11) is 0. The van der Waals surface area contributed by atoms with Crippen LogP contribution in [0.1, 0.15) is 69.1 Å². The molecule has 0 aliphatic heterocycles. The summed E-state index contributed by atoms with van der Waals surface area (Å²) in [4.78, 5) is 28.8. The molecule has 10 nitrogen and oxygen atoms in total. The van der Waals surface area contributed by atoms with E-state index in [9.17, 15) is 48.7 Å². The first-order chi connectivity index (χ1) is 25.3. The fourth-order valence-electron chi connectivity index (χ4n) is 6.48. The second kappa shape index (κ2) is 17.2. The van der Waals surface area contributed by atoms with Crippen LogP contribution in [-0.2, 0) is 17.6 Å². The van der Waals surface area contributed by atoms with Crippen LogP contribution >= 0.6 is 35.1 Å². The molecule has 23 heteroatoms. The highest BCUT2D eigenvalue weighted by Crippen LogP contribution is 2.39. The summed E-state index contributed by atoms with van der Waals surface area (Å²) in [6.07, 6.45) is -10.5. The van der Waals surface area contributed by atoms with Crippen molar-refractivity contribution in [2.75, 3.05) is 10.6 Å². The van der Waals surface area contributed by atoms with E-state index < -0.39 is 85.7 Å². The van der Waals surface area contributed by atoms with Crippen LogP contribution in [0.3, 0.4) is 0 Å². The van der Waals surface area contributed by atoms with Gasteiger partial charge in [0, 0.05) is 59.6 Å². The van der Waals surface area contributed by atoms with E-state index >= 15 is 0 Å². The number of aromatic nitrogens is 4. The van der Waals surface area contributed by atoms with Crippen molar-refractivity contribution in [1.82, 2.24) is 25.3 Å². The topological polar surface area (TPSA) is 140 Å². The van der Waals surface area contributed by atoms with E-state index in [4.69, 9.17) is 10.5 Å². The van der Waals surface area contributed by atoms with Gasteiger partial charge in [0.1, 0.15) is 39.6 Å². The quantitative estimate of drug-likeness (QED) is 0.134. The maximum absolute atomic E-state index is 14.3. The zero-order valence-corrected chi connectivity index (χ0v) is 32.4. The number of fused-ring (bicyclic) bond motifs is 2. The molecule has 56 heavy (non-hydrogen) atoms. The number of rotatable bonds is 7. The molecule has 4 atom stereocenters. The molecule has 0 spiro atoms. The molecule has 4 aromatic rings. The van der Waals surface area contributed by atoms with Crippen LogP contribution in [0.4, 0.5) is 60.3 Å². The third kappa shape index (κ3) is 13.6. The monoisotopic (exact) mass is 868 g/mol. The van der Waals surface area contributed by atoms with Crippen molar-refractivity contribution in [3.63, 3.8) is 0 Å². The number of ether oxygens (including phenoxy) is 1. The fraction of sp³-hybridized carbons (Fsp3) is 0.606. The lowest BCUT2D eigenvalue weighted by atomic mass is 9.88. The Morgan fingerprint density at radius 2 is 1.18 bits per heavy atom. The van der Waals surface area contributed by atoms with Gasteiger partial charge in [-0.15, -0.1) is 35.1 Å². The van der Waals surface area contributed by atoms with Gasteiger partial charge in [0.05, 0.1) is 23.6 Å². The molecule has 0 saturated heterocycles. The Kier molecular flexibility index (Phi) is 13.8. The van der Waals surface area contributed by atoms with E-state index in [1.807, 2.05) is 0 Å². The largest absolute Gasteiger partial charge is 0.444 e. The smallest absolute Gasteiger partial charge is 0.407 e. The SMILES string of the molecule is CC(C)(C)OC(=O)N[C@@H]1C[C@H](Nc2ncnc3sc(CC(F)(F)F)cc23)CC(F)(F)C1.Cl.N[C@@H]1C[C@H](Nc2ncnc3sc(CC(F)(F)F)cc23)CC(F)(F)C1. The summed E-state index contributed by atoms with van der Waals surface area (Å²) in [5.41, 5.74) is 4.90. The van der Waals surface area contributed by atoms with Crippen LogP contribution in [0.5, 0.6) is 0 Å². The number of carbonyl (C=O) groups excluding carboxylic acids is 1. The number of nitrogens with two attached hydrogens (primary N) is 1. The average molecular weight is 869 g/mol. The van der Waals surface area contributed by atoms with Gasteiger partial charge in [0.2, 0.25) is 0 Å². The number of alkyl carbamates (subject to hydrolysis) is 1. The van der Waals surface area contributed by atoms with Crippen LogP contribution in [0.25, 0.3) is 20.4 Å². The predicted molar refractivity (Wildman–Crippen MR) is 195 cm³/mol. The number of halogens is 11. The van der Waals surface area contributed by atoms with Crippen molar-refractivity contribution in [2.24, 2.45) is 5.73 Å². The second-order valence-electron chi connectivity index (χ2n) is 14.7. The second-order valence-corrected chi connectivity index (χ2v) is 16.9. The van der Waals surface area contributed by atoms with Crippen LogP contribution in [0.15, 0.2) is 24.8 Å². The van der Waals surface area contributed by atoms with E-state index in [2.05, 4.69) is 35.9 Å². The maximum atomic E-state index is 14.3. The molecule has 2 aliphatic carbocycles. The Bertz CT molecular complexity index is 1950. The molecule has 0 bridgehead atoms. The van der Waals surface area contributed by atoms with Gasteiger partial charge in [-0.3, -0.25) is 0 Å². The zero-order valence-electron chi connectivity index (χ0n) is 30.0. The summed E-state index contributed by atoms with van der Waals surface area (Å²) in [6, 6.07) is -0.131. The molecule has 312 valence electrons. The highest BCUT2D eigenvalue weighted by molar-refractivity contribution is 7.19. The lowest BCUT2D eigenvalue weighted by Gasteiger charge is -2.36. The van der Waals surface area contributed by atoms with Crippen molar-refractivity contribution >= 4 is 73.2 Å². The predicted octanol–water partition coefficient (Wildman–Crippen LogP) is 9.43. The minimum Gasteiger partial charge on any atom is -0.444 e. The van der Waals surface area contributed by atoms with Gasteiger partial charge in [0.25, 0.3) is 11.8 Å². The first-order valence-corrected chi connectivity index (χ1v) is 18.6. The Balaban J connectivity index is 0.000000252. The van der Waals surface area contributed by atoms with Crippen LogP contribution in [0, 0.1) is 0 Å². The molecule has 4 aromatic heterocycles. The van der Waals surface area contributed by atoms with Crippen molar-refractivity contribution in [3.05, 3.63) is 34.5 Å². The molecule has 0 radical (unpaired) electrons. The van der Waals surface area contributed by atoms with Crippen LogP contribution < -0.4 is 21.7 Å². The minimum atomic E-state index is -4.37. The molecular weight excluding hydrogens is 830 g/mol. The maximum Gasteiger partial charge on any atom is 0.407 e. The van der Waals surface area contributed by atoms with Gasteiger partial charge in [-0.1, -0.05) is 0 Å². The van der Waals surface area contributed by atoms with E-state index in [0.29, 0.717) is 26.9 Å². The summed E-state index contributed by atoms with van der Waals surface area (Å²) in [6.45, 7) is 5.00. The number of alkyl halides is 10. The van der Waals surface area contributed by atoms with Crippen molar-refractivity contribution in [3.8, 4) is 0 Å². The lowest BCUT2D eigenvalue weighted by Crippen LogP contribution is -2.49. The summed E-state index contributed by atoms with van der Waals surface area (Å²) < 4.78 is 137. The molecule has 2 saturated carbocycles. The zero-order chi connectivity index (χ0) is 40.6. The van der Waals surface area contributed by atoms with Crippen LogP contribution in [-0.4, -0.2) is 80.0 Å². The minimum absolute atomic E-state index is 0. The van der Waals surface area contributed by atoms with Crippen molar-refractivity contribution in [2.45, 2.75) is 126 Å². The molecule has 0 unspecified atom stereocenters. The molecule has 4 heterocycles. The Morgan fingerprint density at radius 1 is 0.750 bits per heavy atom. The van der Waals surface area contributed by atoms with Crippen LogP contribution in [0.2, 0.25) is 0 Å². The lowest BCUT2D eigenvalue weighted by molar-refractivity contribution is -0.127. The van der Waals surface area contributed by atoms with Gasteiger partial charge in [-0.05, 0) is 45.7 Å². The third-order valence-corrected chi connectivity index (χ3v) is 10.4. The number of amides is 1. The molecule has 1 amide bonds. The molecule has 6 rings (SSSR count). The number of thiophene rings is 2. The van der Waals surface area contributed by atoms with Gasteiger partial charge < -0.3 is 26.4 Å². The van der Waals surface area contributed by atoms with E-state index in [0.717, 1.165) is 22.7 Å². The first kappa shape index (κ1) is 45.2.